The Balaban J connectivity index is 1.87. The van der Waals surface area contributed by atoms with Gasteiger partial charge in [-0.15, -0.1) is 0 Å². The lowest BCUT2D eigenvalue weighted by atomic mass is 9.85. The summed E-state index contributed by atoms with van der Waals surface area (Å²) in [5, 5.41) is 2.46. The number of alkyl halides is 6. The van der Waals surface area contributed by atoms with Crippen LogP contribution in [0.25, 0.3) is 0 Å². The van der Waals surface area contributed by atoms with Crippen LogP contribution in [0.4, 0.5) is 32.0 Å². The van der Waals surface area contributed by atoms with Crippen LogP contribution in [-0.2, 0) is 26.9 Å². The average molecular weight is 564 g/mol. The van der Waals surface area contributed by atoms with E-state index in [-0.39, 0.29) is 28.7 Å². The van der Waals surface area contributed by atoms with Crippen LogP contribution in [0.2, 0.25) is 5.02 Å². The maximum absolute atomic E-state index is 13.7. The number of benzene rings is 2. The van der Waals surface area contributed by atoms with Crippen molar-refractivity contribution < 1.29 is 40.7 Å². The van der Waals surface area contributed by atoms with Gasteiger partial charge in [0, 0.05) is 0 Å². The fourth-order valence-electron chi connectivity index (χ4n) is 4.11. The van der Waals surface area contributed by atoms with Gasteiger partial charge in [-0.05, 0) is 75.4 Å². The van der Waals surface area contributed by atoms with Gasteiger partial charge in [-0.3, -0.25) is 9.59 Å². The summed E-state index contributed by atoms with van der Waals surface area (Å²) in [7, 11) is 0. The Hall–Kier alpha value is -2.75. The summed E-state index contributed by atoms with van der Waals surface area (Å²) in [6.45, 7) is 6.06. The number of esters is 1. The number of carbonyl (C=O) groups excluding carboxylic acids is 2. The first-order chi connectivity index (χ1) is 17.3. The molecule has 0 heterocycles. The summed E-state index contributed by atoms with van der Waals surface area (Å²) in [5.74, 6) is -5.48. The van der Waals surface area contributed by atoms with E-state index in [9.17, 15) is 35.9 Å². The highest BCUT2D eigenvalue weighted by atomic mass is 35.5. The molecule has 0 spiro atoms. The van der Waals surface area contributed by atoms with Gasteiger partial charge in [0.1, 0.15) is 5.60 Å². The summed E-state index contributed by atoms with van der Waals surface area (Å²) < 4.78 is 85.3. The predicted molar refractivity (Wildman–Crippen MR) is 131 cm³/mol. The van der Waals surface area contributed by atoms with Crippen molar-refractivity contribution >= 4 is 29.2 Å². The molecule has 0 aromatic heterocycles. The van der Waals surface area contributed by atoms with Crippen LogP contribution in [0.3, 0.4) is 0 Å². The number of halogens is 7. The van der Waals surface area contributed by atoms with E-state index in [1.54, 1.807) is 26.8 Å². The molecule has 1 amide bonds. The van der Waals surface area contributed by atoms with Gasteiger partial charge in [-0.1, -0.05) is 36.7 Å². The van der Waals surface area contributed by atoms with Crippen LogP contribution in [0.15, 0.2) is 42.5 Å². The van der Waals surface area contributed by atoms with Crippen LogP contribution in [0.1, 0.15) is 63.1 Å². The summed E-state index contributed by atoms with van der Waals surface area (Å²) >= 11 is 6.21. The molecule has 1 aliphatic carbocycles. The van der Waals surface area contributed by atoms with Crippen molar-refractivity contribution in [2.45, 2.75) is 70.8 Å². The Kier molecular flexibility index (Phi) is 8.18. The molecule has 2 aromatic rings. The SMILES string of the molecule is C[C@H]([C@H](C(=O)Nc1cc(CC2(C(=O)OC(C)(C)C)CC2)ccc1Cl)c1ccc(C(F)(F)F)cc1)C(F)(F)F. The van der Waals surface area contributed by atoms with Gasteiger partial charge in [0.25, 0.3) is 0 Å². The molecule has 2 atom stereocenters. The molecule has 11 heteroatoms. The van der Waals surface area contributed by atoms with Gasteiger partial charge in [-0.2, -0.15) is 26.3 Å². The minimum absolute atomic E-state index is 0.0282. The lowest BCUT2D eigenvalue weighted by molar-refractivity contribution is -0.178. The standard InChI is InChI=1S/C27H28ClF6NO3/c1-15(26(29,30)31)21(17-6-8-18(9-7-17)27(32,33)34)22(36)35-20-13-16(5-10-19(20)28)14-25(11-12-25)23(37)38-24(2,3)4/h5-10,13,15,21H,11-12,14H2,1-4H3,(H,35,36)/t15-,21+/m1/s1. The molecular weight excluding hydrogens is 536 g/mol. The second-order valence-corrected chi connectivity index (χ2v) is 11.1. The van der Waals surface area contributed by atoms with Gasteiger partial charge in [0.2, 0.25) is 5.91 Å². The third-order valence-electron chi connectivity index (χ3n) is 6.41. The Morgan fingerprint density at radius 2 is 1.58 bits per heavy atom. The first kappa shape index (κ1) is 29.8. The molecule has 1 N–H and O–H groups in total. The molecule has 0 saturated heterocycles. The second-order valence-electron chi connectivity index (χ2n) is 10.7. The number of hydrogen-bond donors (Lipinski definition) is 1. The van der Waals surface area contributed by atoms with Crippen molar-refractivity contribution in [2.75, 3.05) is 5.32 Å². The molecule has 4 nitrogen and oxygen atoms in total. The molecule has 0 unspecified atom stereocenters. The van der Waals surface area contributed by atoms with E-state index in [0.29, 0.717) is 30.5 Å². The number of nitrogens with one attached hydrogen (secondary N) is 1. The van der Waals surface area contributed by atoms with Crippen molar-refractivity contribution in [1.29, 1.82) is 0 Å². The lowest BCUT2D eigenvalue weighted by Crippen LogP contribution is -2.34. The van der Waals surface area contributed by atoms with Gasteiger partial charge < -0.3 is 10.1 Å². The molecule has 3 rings (SSSR count). The van der Waals surface area contributed by atoms with Gasteiger partial charge in [0.15, 0.2) is 0 Å². The topological polar surface area (TPSA) is 55.4 Å². The van der Waals surface area contributed by atoms with Crippen molar-refractivity contribution in [3.8, 4) is 0 Å². The van der Waals surface area contributed by atoms with Gasteiger partial charge >= 0.3 is 18.3 Å². The monoisotopic (exact) mass is 563 g/mol. The van der Waals surface area contributed by atoms with E-state index in [4.69, 9.17) is 16.3 Å². The van der Waals surface area contributed by atoms with Crippen LogP contribution < -0.4 is 5.32 Å². The maximum atomic E-state index is 13.7. The van der Waals surface area contributed by atoms with Crippen molar-refractivity contribution in [3.05, 3.63) is 64.2 Å². The Bertz CT molecular complexity index is 1180. The fourth-order valence-corrected chi connectivity index (χ4v) is 4.27. The molecule has 0 bridgehead atoms. The van der Waals surface area contributed by atoms with E-state index in [1.165, 1.54) is 12.1 Å². The Labute approximate surface area is 221 Å². The third kappa shape index (κ3) is 7.21. The molecule has 1 aliphatic rings. The Morgan fingerprint density at radius 1 is 1.00 bits per heavy atom. The highest BCUT2D eigenvalue weighted by molar-refractivity contribution is 6.33. The molecule has 0 aliphatic heterocycles. The highest BCUT2D eigenvalue weighted by Crippen LogP contribution is 2.50. The fraction of sp³-hybridized carbons (Fsp3) is 0.481. The van der Waals surface area contributed by atoms with E-state index in [2.05, 4.69) is 5.32 Å². The number of hydrogen-bond acceptors (Lipinski definition) is 3. The summed E-state index contributed by atoms with van der Waals surface area (Å²) in [4.78, 5) is 25.8. The van der Waals surface area contributed by atoms with Gasteiger partial charge in [0.05, 0.1) is 33.5 Å². The quantitative estimate of drug-likeness (QED) is 0.275. The Morgan fingerprint density at radius 3 is 2.05 bits per heavy atom. The average Bonchev–Trinajstić information content (AvgIpc) is 3.55. The third-order valence-corrected chi connectivity index (χ3v) is 6.74. The van der Waals surface area contributed by atoms with E-state index >= 15 is 0 Å². The van der Waals surface area contributed by atoms with Crippen molar-refractivity contribution in [1.82, 2.24) is 0 Å². The molecule has 2 aromatic carbocycles. The number of rotatable bonds is 7. The van der Waals surface area contributed by atoms with Crippen LogP contribution in [-0.4, -0.2) is 23.7 Å². The molecule has 1 saturated carbocycles. The first-order valence-electron chi connectivity index (χ1n) is 11.9. The van der Waals surface area contributed by atoms with E-state index in [0.717, 1.165) is 19.1 Å². The highest BCUT2D eigenvalue weighted by Gasteiger charge is 2.52. The zero-order valence-corrected chi connectivity index (χ0v) is 21.9. The number of anilines is 1. The van der Waals surface area contributed by atoms with Crippen molar-refractivity contribution in [3.63, 3.8) is 0 Å². The first-order valence-corrected chi connectivity index (χ1v) is 12.3. The lowest BCUT2D eigenvalue weighted by Gasteiger charge is -2.26. The van der Waals surface area contributed by atoms with Crippen LogP contribution >= 0.6 is 11.6 Å². The van der Waals surface area contributed by atoms with Crippen molar-refractivity contribution in [2.24, 2.45) is 11.3 Å². The second kappa shape index (κ2) is 10.4. The predicted octanol–water partition coefficient (Wildman–Crippen LogP) is 7.94. The summed E-state index contributed by atoms with van der Waals surface area (Å²) in [6, 6.07) is 7.59. The maximum Gasteiger partial charge on any atom is 0.416 e. The van der Waals surface area contributed by atoms with Crippen LogP contribution in [0, 0.1) is 11.3 Å². The molecular formula is C27H28ClF6NO3. The summed E-state index contributed by atoms with van der Waals surface area (Å²) in [5.41, 5.74) is -2.03. The zero-order chi connectivity index (χ0) is 28.7. The van der Waals surface area contributed by atoms with Crippen LogP contribution in [0.5, 0.6) is 0 Å². The summed E-state index contributed by atoms with van der Waals surface area (Å²) in [6.07, 6.45) is -8.00. The molecule has 1 fully saturated rings. The van der Waals surface area contributed by atoms with Gasteiger partial charge in [-0.25, -0.2) is 0 Å². The molecule has 0 radical (unpaired) electrons. The number of ether oxygens (including phenoxy) is 1. The number of carbonyl (C=O) groups is 2. The minimum Gasteiger partial charge on any atom is -0.460 e. The smallest absolute Gasteiger partial charge is 0.416 e. The minimum atomic E-state index is -4.80. The molecule has 38 heavy (non-hydrogen) atoms. The number of amides is 1. The largest absolute Gasteiger partial charge is 0.460 e. The zero-order valence-electron chi connectivity index (χ0n) is 21.2. The normalized spacial score (nSPS) is 16.9. The van der Waals surface area contributed by atoms with E-state index in [1.807, 2.05) is 0 Å². The van der Waals surface area contributed by atoms with E-state index < -0.39 is 46.7 Å². The molecule has 208 valence electrons.